The Morgan fingerprint density at radius 2 is 1.48 bits per heavy atom. The Labute approximate surface area is 174 Å². The molecular formula is C27H30O2. The molecule has 2 nitrogen and oxygen atoms in total. The van der Waals surface area contributed by atoms with Crippen LogP contribution in [0.3, 0.4) is 0 Å². The first kappa shape index (κ1) is 20.7. The first-order valence-corrected chi connectivity index (χ1v) is 10.1. The lowest BCUT2D eigenvalue weighted by Gasteiger charge is -2.14. The predicted molar refractivity (Wildman–Crippen MR) is 122 cm³/mol. The van der Waals surface area contributed by atoms with Gasteiger partial charge in [-0.05, 0) is 59.7 Å². The van der Waals surface area contributed by atoms with Crippen LogP contribution in [0.15, 0.2) is 73.3 Å². The molecule has 150 valence electrons. The molecule has 3 rings (SSSR count). The highest BCUT2D eigenvalue weighted by Gasteiger charge is 2.08. The molecule has 0 atom stereocenters. The van der Waals surface area contributed by atoms with Gasteiger partial charge in [0.2, 0.25) is 0 Å². The molecule has 0 aliphatic rings. The van der Waals surface area contributed by atoms with Crippen molar-refractivity contribution in [1.29, 1.82) is 0 Å². The quantitative estimate of drug-likeness (QED) is 0.404. The van der Waals surface area contributed by atoms with E-state index in [1.165, 1.54) is 16.7 Å². The van der Waals surface area contributed by atoms with Gasteiger partial charge in [0.05, 0.1) is 0 Å². The molecule has 0 saturated carbocycles. The zero-order chi connectivity index (χ0) is 20.8. The Hall–Kier alpha value is -3.00. The number of benzene rings is 3. The van der Waals surface area contributed by atoms with Crippen LogP contribution in [0.2, 0.25) is 0 Å². The van der Waals surface area contributed by atoms with Gasteiger partial charge >= 0.3 is 0 Å². The van der Waals surface area contributed by atoms with E-state index < -0.39 is 0 Å². The molecule has 0 saturated heterocycles. The van der Waals surface area contributed by atoms with Crippen LogP contribution in [-0.4, -0.2) is 0 Å². The summed E-state index contributed by atoms with van der Waals surface area (Å²) in [6.07, 6.45) is 0. The second-order valence-electron chi connectivity index (χ2n) is 7.84. The lowest BCUT2D eigenvalue weighted by Crippen LogP contribution is -2.01. The fraction of sp³-hybridized carbons (Fsp3) is 0.259. The molecule has 0 radical (unpaired) electrons. The van der Waals surface area contributed by atoms with Gasteiger partial charge in [-0.15, -0.1) is 0 Å². The van der Waals surface area contributed by atoms with Crippen LogP contribution in [-0.2, 0) is 13.2 Å². The van der Waals surface area contributed by atoms with Crippen molar-refractivity contribution in [3.05, 3.63) is 101 Å². The van der Waals surface area contributed by atoms with Gasteiger partial charge in [-0.2, -0.15) is 0 Å². The van der Waals surface area contributed by atoms with Gasteiger partial charge in [0.15, 0.2) is 0 Å². The molecular weight excluding hydrogens is 356 g/mol. The highest BCUT2D eigenvalue weighted by Crippen LogP contribution is 2.25. The van der Waals surface area contributed by atoms with E-state index in [9.17, 15) is 0 Å². The van der Waals surface area contributed by atoms with Crippen molar-refractivity contribution < 1.29 is 9.47 Å². The van der Waals surface area contributed by atoms with Crippen LogP contribution < -0.4 is 9.47 Å². The summed E-state index contributed by atoms with van der Waals surface area (Å²) in [5.41, 5.74) is 7.11. The van der Waals surface area contributed by atoms with Gasteiger partial charge in [-0.3, -0.25) is 0 Å². The van der Waals surface area contributed by atoms with E-state index in [0.29, 0.717) is 19.1 Å². The number of hydrogen-bond donors (Lipinski definition) is 0. The summed E-state index contributed by atoms with van der Waals surface area (Å²) in [6.45, 7) is 13.7. The molecule has 0 unspecified atom stereocenters. The zero-order valence-corrected chi connectivity index (χ0v) is 17.9. The highest BCUT2D eigenvalue weighted by molar-refractivity contribution is 5.67. The number of allylic oxidation sites excluding steroid dienone is 1. The van der Waals surface area contributed by atoms with Crippen LogP contribution >= 0.6 is 0 Å². The summed E-state index contributed by atoms with van der Waals surface area (Å²) < 4.78 is 12.0. The van der Waals surface area contributed by atoms with Crippen molar-refractivity contribution in [2.45, 2.75) is 46.8 Å². The van der Waals surface area contributed by atoms with Crippen molar-refractivity contribution in [3.63, 3.8) is 0 Å². The maximum Gasteiger partial charge on any atom is 0.123 e. The van der Waals surface area contributed by atoms with E-state index in [1.807, 2.05) is 31.2 Å². The predicted octanol–water partition coefficient (Wildman–Crippen LogP) is 7.31. The van der Waals surface area contributed by atoms with Crippen LogP contribution in [0.5, 0.6) is 11.5 Å². The molecule has 0 bridgehead atoms. The Kier molecular flexibility index (Phi) is 6.77. The maximum atomic E-state index is 6.05. The summed E-state index contributed by atoms with van der Waals surface area (Å²) >= 11 is 0. The van der Waals surface area contributed by atoms with Gasteiger partial charge in [0.1, 0.15) is 24.7 Å². The molecule has 0 aliphatic heterocycles. The first-order chi connectivity index (χ1) is 13.9. The van der Waals surface area contributed by atoms with Crippen molar-refractivity contribution in [2.24, 2.45) is 0 Å². The summed E-state index contributed by atoms with van der Waals surface area (Å²) in [6, 6.07) is 22.7. The first-order valence-electron chi connectivity index (χ1n) is 10.1. The third-order valence-corrected chi connectivity index (χ3v) is 5.04. The Morgan fingerprint density at radius 3 is 2.10 bits per heavy atom. The van der Waals surface area contributed by atoms with E-state index in [-0.39, 0.29) is 0 Å². The Morgan fingerprint density at radius 1 is 0.862 bits per heavy atom. The third kappa shape index (κ3) is 5.51. The van der Waals surface area contributed by atoms with E-state index in [2.05, 4.69) is 69.8 Å². The lowest BCUT2D eigenvalue weighted by molar-refractivity contribution is 0.290. The van der Waals surface area contributed by atoms with Crippen LogP contribution in [0.1, 0.15) is 54.5 Å². The standard InChI is InChI=1S/C27H30O2/c1-19(2)23-14-12-22(13-15-23)17-28-25-10-7-11-26(16-25)29-18-24-9-6-8-21(5)27(24)20(3)4/h6-16,19H,3,17-18H2,1-2,4-5H3. The fourth-order valence-electron chi connectivity index (χ4n) is 3.44. The van der Waals surface area contributed by atoms with Crippen LogP contribution in [0.25, 0.3) is 5.57 Å². The molecule has 2 heteroatoms. The number of ether oxygens (including phenoxy) is 2. The largest absolute Gasteiger partial charge is 0.489 e. The number of hydrogen-bond acceptors (Lipinski definition) is 2. The summed E-state index contributed by atoms with van der Waals surface area (Å²) in [7, 11) is 0. The highest BCUT2D eigenvalue weighted by atomic mass is 16.5. The minimum absolute atomic E-state index is 0.504. The number of rotatable bonds is 8. The number of aryl methyl sites for hydroxylation is 1. The smallest absolute Gasteiger partial charge is 0.123 e. The average Bonchev–Trinajstić information content (AvgIpc) is 2.71. The minimum atomic E-state index is 0.504. The average molecular weight is 387 g/mol. The maximum absolute atomic E-state index is 6.05. The normalized spacial score (nSPS) is 10.8. The molecule has 0 fully saturated rings. The molecule has 3 aromatic rings. The van der Waals surface area contributed by atoms with Crippen LogP contribution in [0.4, 0.5) is 0 Å². The van der Waals surface area contributed by atoms with Crippen molar-refractivity contribution in [1.82, 2.24) is 0 Å². The van der Waals surface area contributed by atoms with Gasteiger partial charge in [-0.25, -0.2) is 0 Å². The molecule has 3 aromatic carbocycles. The molecule has 29 heavy (non-hydrogen) atoms. The third-order valence-electron chi connectivity index (χ3n) is 5.04. The van der Waals surface area contributed by atoms with Gasteiger partial charge in [0, 0.05) is 6.07 Å². The van der Waals surface area contributed by atoms with E-state index in [1.54, 1.807) is 0 Å². The van der Waals surface area contributed by atoms with E-state index >= 15 is 0 Å². The second-order valence-corrected chi connectivity index (χ2v) is 7.84. The molecule has 0 aliphatic carbocycles. The van der Waals surface area contributed by atoms with Gasteiger partial charge in [-0.1, -0.05) is 74.5 Å². The molecule has 0 spiro atoms. The lowest BCUT2D eigenvalue weighted by atomic mass is 9.97. The van der Waals surface area contributed by atoms with Crippen molar-refractivity contribution >= 4 is 5.57 Å². The molecule has 0 aromatic heterocycles. The minimum Gasteiger partial charge on any atom is -0.489 e. The monoisotopic (exact) mass is 386 g/mol. The SMILES string of the molecule is C=C(C)c1c(C)cccc1COc1cccc(OCc2ccc(C(C)C)cc2)c1. The van der Waals surface area contributed by atoms with Gasteiger partial charge in [0.25, 0.3) is 0 Å². The second kappa shape index (κ2) is 9.47. The summed E-state index contributed by atoms with van der Waals surface area (Å²) in [5, 5.41) is 0. The van der Waals surface area contributed by atoms with E-state index in [4.69, 9.17) is 9.47 Å². The fourth-order valence-corrected chi connectivity index (χ4v) is 3.44. The molecule has 0 amide bonds. The Balaban J connectivity index is 1.63. The topological polar surface area (TPSA) is 18.5 Å². The van der Waals surface area contributed by atoms with Gasteiger partial charge < -0.3 is 9.47 Å². The van der Waals surface area contributed by atoms with Crippen molar-refractivity contribution in [2.75, 3.05) is 0 Å². The summed E-state index contributed by atoms with van der Waals surface area (Å²) in [4.78, 5) is 0. The van der Waals surface area contributed by atoms with E-state index in [0.717, 1.165) is 28.2 Å². The molecule has 0 N–H and O–H groups in total. The zero-order valence-electron chi connectivity index (χ0n) is 17.9. The van der Waals surface area contributed by atoms with Crippen LogP contribution in [0, 0.1) is 6.92 Å². The molecule has 0 heterocycles. The van der Waals surface area contributed by atoms with Crippen molar-refractivity contribution in [3.8, 4) is 11.5 Å². The summed E-state index contributed by atoms with van der Waals surface area (Å²) in [5.74, 6) is 2.14. The Bertz CT molecular complexity index is 968.